The average Bonchev–Trinajstić information content (AvgIpc) is 2.64. The van der Waals surface area contributed by atoms with Crippen molar-refractivity contribution in [2.45, 2.75) is 30.3 Å². The van der Waals surface area contributed by atoms with Gasteiger partial charge in [-0.1, -0.05) is 23.9 Å². The molecule has 4 nitrogen and oxygen atoms in total. The first kappa shape index (κ1) is 17.2. The van der Waals surface area contributed by atoms with Gasteiger partial charge in [0.2, 0.25) is 0 Å². The Hall–Kier alpha value is -2.66. The van der Waals surface area contributed by atoms with Crippen LogP contribution in [0.4, 0.5) is 0 Å². The van der Waals surface area contributed by atoms with Crippen LogP contribution in [0, 0.1) is 13.8 Å². The van der Waals surface area contributed by atoms with E-state index in [9.17, 15) is 4.79 Å². The molecule has 25 heavy (non-hydrogen) atoms. The molecule has 0 radical (unpaired) electrons. The number of aromatic nitrogens is 2. The number of carbonyl (C=O) groups is 1. The van der Waals surface area contributed by atoms with Crippen LogP contribution in [0.25, 0.3) is 0 Å². The van der Waals surface area contributed by atoms with Gasteiger partial charge in [0.25, 0.3) is 5.91 Å². The fourth-order valence-electron chi connectivity index (χ4n) is 2.34. The number of nitrogens with one attached hydrogen (secondary N) is 1. The molecule has 0 atom stereocenters. The molecule has 0 aliphatic heterocycles. The summed E-state index contributed by atoms with van der Waals surface area (Å²) in [6.07, 6.45) is 5.15. The number of nitrogens with zero attached hydrogens (tertiary/aromatic N) is 2. The zero-order valence-electron chi connectivity index (χ0n) is 14.2. The van der Waals surface area contributed by atoms with E-state index in [1.807, 2.05) is 18.2 Å². The minimum atomic E-state index is -0.127. The summed E-state index contributed by atoms with van der Waals surface area (Å²) in [6.45, 7) is 4.59. The first-order valence-electron chi connectivity index (χ1n) is 8.01. The molecule has 1 aromatic carbocycles. The smallest absolute Gasteiger partial charge is 0.254 e. The third kappa shape index (κ3) is 4.45. The van der Waals surface area contributed by atoms with Crippen LogP contribution in [-0.2, 0) is 6.54 Å². The Labute approximate surface area is 151 Å². The molecule has 0 bridgehead atoms. The van der Waals surface area contributed by atoms with E-state index in [1.54, 1.807) is 24.7 Å². The van der Waals surface area contributed by atoms with Crippen molar-refractivity contribution < 1.29 is 4.79 Å². The number of hydrogen-bond donors (Lipinski definition) is 1. The molecule has 0 saturated carbocycles. The molecule has 0 aliphatic carbocycles. The molecular weight excluding hydrogens is 330 g/mol. The Morgan fingerprint density at radius 2 is 1.88 bits per heavy atom. The molecule has 0 aliphatic rings. The molecule has 0 unspecified atom stereocenters. The van der Waals surface area contributed by atoms with Crippen LogP contribution in [-0.4, -0.2) is 15.9 Å². The van der Waals surface area contributed by atoms with Gasteiger partial charge in [-0.25, -0.2) is 4.98 Å². The van der Waals surface area contributed by atoms with Crippen LogP contribution in [0.15, 0.2) is 71.0 Å². The van der Waals surface area contributed by atoms with Crippen molar-refractivity contribution in [2.24, 2.45) is 0 Å². The predicted molar refractivity (Wildman–Crippen MR) is 99.7 cm³/mol. The molecule has 1 N–H and O–H groups in total. The fraction of sp³-hybridized carbons (Fsp3) is 0.150. The minimum Gasteiger partial charge on any atom is -0.348 e. The maximum atomic E-state index is 12.6. The van der Waals surface area contributed by atoms with E-state index in [2.05, 4.69) is 47.3 Å². The van der Waals surface area contributed by atoms with Gasteiger partial charge in [0.1, 0.15) is 5.03 Å². The second kappa shape index (κ2) is 7.94. The van der Waals surface area contributed by atoms with Crippen LogP contribution in [0.1, 0.15) is 27.0 Å². The zero-order valence-corrected chi connectivity index (χ0v) is 15.0. The summed E-state index contributed by atoms with van der Waals surface area (Å²) in [5.41, 5.74) is 3.95. The average molecular weight is 349 g/mol. The third-order valence-corrected chi connectivity index (χ3v) is 4.95. The van der Waals surface area contributed by atoms with E-state index >= 15 is 0 Å². The Balaban J connectivity index is 1.78. The lowest BCUT2D eigenvalue weighted by Crippen LogP contribution is -2.23. The number of pyridine rings is 2. The summed E-state index contributed by atoms with van der Waals surface area (Å²) in [6, 6.07) is 13.7. The summed E-state index contributed by atoms with van der Waals surface area (Å²) in [5, 5.41) is 3.66. The number of carbonyl (C=O) groups excluding carboxylic acids is 1. The van der Waals surface area contributed by atoms with Gasteiger partial charge in [0, 0.05) is 30.0 Å². The van der Waals surface area contributed by atoms with Crippen molar-refractivity contribution in [3.63, 3.8) is 0 Å². The summed E-state index contributed by atoms with van der Waals surface area (Å²) in [4.78, 5) is 22.1. The summed E-state index contributed by atoms with van der Waals surface area (Å²) in [7, 11) is 0. The summed E-state index contributed by atoms with van der Waals surface area (Å²) in [5.74, 6) is -0.127. The second-order valence-electron chi connectivity index (χ2n) is 5.77. The van der Waals surface area contributed by atoms with Gasteiger partial charge in [-0.3, -0.25) is 9.78 Å². The fourth-order valence-corrected chi connectivity index (χ4v) is 3.41. The summed E-state index contributed by atoms with van der Waals surface area (Å²) < 4.78 is 0. The highest BCUT2D eigenvalue weighted by atomic mass is 32.2. The molecule has 3 rings (SSSR count). The van der Waals surface area contributed by atoms with Crippen molar-refractivity contribution in [1.29, 1.82) is 0 Å². The summed E-state index contributed by atoms with van der Waals surface area (Å²) >= 11 is 1.52. The van der Waals surface area contributed by atoms with Crippen molar-refractivity contribution >= 4 is 17.7 Å². The van der Waals surface area contributed by atoms with Crippen molar-refractivity contribution in [2.75, 3.05) is 0 Å². The quantitative estimate of drug-likeness (QED) is 0.751. The Morgan fingerprint density at radius 3 is 2.68 bits per heavy atom. The Morgan fingerprint density at radius 1 is 1.08 bits per heavy atom. The maximum Gasteiger partial charge on any atom is 0.254 e. The van der Waals surface area contributed by atoms with E-state index in [1.165, 1.54) is 22.9 Å². The minimum absolute atomic E-state index is 0.127. The first-order chi connectivity index (χ1) is 12.1. The zero-order chi connectivity index (χ0) is 17.6. The molecule has 0 spiro atoms. The predicted octanol–water partition coefficient (Wildman–Crippen LogP) is 4.17. The molecule has 3 aromatic rings. The maximum absolute atomic E-state index is 12.6. The SMILES string of the molecule is Cc1ccc(C)c(Sc2ncccc2C(=O)NCc2ccncc2)c1. The number of amides is 1. The van der Waals surface area contributed by atoms with E-state index in [4.69, 9.17) is 0 Å². The van der Waals surface area contributed by atoms with Crippen LogP contribution in [0.3, 0.4) is 0 Å². The van der Waals surface area contributed by atoms with Gasteiger partial charge >= 0.3 is 0 Å². The molecule has 0 saturated heterocycles. The first-order valence-corrected chi connectivity index (χ1v) is 8.82. The largest absolute Gasteiger partial charge is 0.348 e. The molecule has 0 fully saturated rings. The highest BCUT2D eigenvalue weighted by molar-refractivity contribution is 7.99. The van der Waals surface area contributed by atoms with Gasteiger partial charge in [-0.2, -0.15) is 0 Å². The third-order valence-electron chi connectivity index (χ3n) is 3.77. The van der Waals surface area contributed by atoms with Crippen molar-refractivity contribution in [3.05, 3.63) is 83.3 Å². The van der Waals surface area contributed by atoms with Crippen molar-refractivity contribution in [3.8, 4) is 0 Å². The van der Waals surface area contributed by atoms with E-state index in [0.717, 1.165) is 10.5 Å². The van der Waals surface area contributed by atoms with Crippen LogP contribution in [0.5, 0.6) is 0 Å². The highest BCUT2D eigenvalue weighted by Gasteiger charge is 2.14. The lowest BCUT2D eigenvalue weighted by molar-refractivity contribution is 0.0947. The molecule has 2 heterocycles. The molecule has 2 aromatic heterocycles. The highest BCUT2D eigenvalue weighted by Crippen LogP contribution is 2.31. The molecule has 126 valence electrons. The van der Waals surface area contributed by atoms with E-state index in [-0.39, 0.29) is 5.91 Å². The lowest BCUT2D eigenvalue weighted by Gasteiger charge is -2.11. The lowest BCUT2D eigenvalue weighted by atomic mass is 10.2. The number of hydrogen-bond acceptors (Lipinski definition) is 4. The standard InChI is InChI=1S/C20H19N3OS/c1-14-5-6-15(2)18(12-14)25-20-17(4-3-9-22-20)19(24)23-13-16-7-10-21-11-8-16/h3-12H,13H2,1-2H3,(H,23,24). The van der Waals surface area contributed by atoms with Crippen LogP contribution < -0.4 is 5.32 Å². The number of aryl methyl sites for hydroxylation is 2. The van der Waals surface area contributed by atoms with E-state index < -0.39 is 0 Å². The Kier molecular flexibility index (Phi) is 5.46. The van der Waals surface area contributed by atoms with E-state index in [0.29, 0.717) is 17.1 Å². The molecule has 1 amide bonds. The van der Waals surface area contributed by atoms with Gasteiger partial charge in [-0.05, 0) is 60.9 Å². The van der Waals surface area contributed by atoms with Gasteiger partial charge in [0.05, 0.1) is 5.56 Å². The number of benzene rings is 1. The van der Waals surface area contributed by atoms with Crippen molar-refractivity contribution in [1.82, 2.24) is 15.3 Å². The molecular formula is C20H19N3OS. The number of rotatable bonds is 5. The molecule has 5 heteroatoms. The Bertz CT molecular complexity index is 881. The van der Waals surface area contributed by atoms with Gasteiger partial charge < -0.3 is 5.32 Å². The van der Waals surface area contributed by atoms with Gasteiger partial charge in [0.15, 0.2) is 0 Å². The second-order valence-corrected chi connectivity index (χ2v) is 6.80. The topological polar surface area (TPSA) is 54.9 Å². The van der Waals surface area contributed by atoms with Crippen LogP contribution in [0.2, 0.25) is 0 Å². The van der Waals surface area contributed by atoms with Crippen LogP contribution >= 0.6 is 11.8 Å². The van der Waals surface area contributed by atoms with Gasteiger partial charge in [-0.15, -0.1) is 0 Å². The monoisotopic (exact) mass is 349 g/mol. The normalized spacial score (nSPS) is 10.5.